The molecule has 0 atom stereocenters. The molecule has 0 saturated carbocycles. The molecular weight excluding hydrogens is 72.1 g/mol. The summed E-state index contributed by atoms with van der Waals surface area (Å²) in [5.74, 6) is 0. The lowest BCUT2D eigenvalue weighted by Crippen LogP contribution is -1.86. The largest absolute Gasteiger partial charge is 0.0988 e. The summed E-state index contributed by atoms with van der Waals surface area (Å²) in [5.41, 5.74) is 1.41. The van der Waals surface area contributed by atoms with Crippen LogP contribution in [0.5, 0.6) is 0 Å². The number of rotatable bonds is 1. The molecule has 1 rings (SSSR count). The quantitative estimate of drug-likeness (QED) is 0.451. The maximum Gasteiger partial charge on any atom is -0.0247 e. The van der Waals surface area contributed by atoms with Crippen molar-refractivity contribution < 1.29 is 0 Å². The van der Waals surface area contributed by atoms with Crippen LogP contribution in [0.25, 0.3) is 0 Å². The fourth-order valence-electron chi connectivity index (χ4n) is 0.496. The molecule has 0 heterocycles. The Hall–Kier alpha value is -0.520. The van der Waals surface area contributed by atoms with Crippen molar-refractivity contribution >= 4 is 0 Å². The van der Waals surface area contributed by atoms with Gasteiger partial charge in [-0.3, -0.25) is 0 Å². The molecule has 0 saturated heterocycles. The van der Waals surface area contributed by atoms with Crippen LogP contribution in [0.3, 0.4) is 0 Å². The Morgan fingerprint density at radius 3 is 2.50 bits per heavy atom. The van der Waals surface area contributed by atoms with Crippen molar-refractivity contribution in [2.24, 2.45) is 0 Å². The normalized spacial score (nSPS) is 18.3. The Kier molecular flexibility index (Phi) is 0.789. The summed E-state index contributed by atoms with van der Waals surface area (Å²) in [5, 5.41) is 0. The van der Waals surface area contributed by atoms with Gasteiger partial charge in [0.1, 0.15) is 0 Å². The Morgan fingerprint density at radius 2 is 2.50 bits per heavy atom. The predicted molar refractivity (Wildman–Crippen MR) is 27.5 cm³/mol. The van der Waals surface area contributed by atoms with Gasteiger partial charge in [-0.1, -0.05) is 24.3 Å². The lowest BCUT2D eigenvalue weighted by Gasteiger charge is -2.06. The molecule has 0 fully saturated rings. The molecule has 32 valence electrons. The van der Waals surface area contributed by atoms with Gasteiger partial charge in [-0.25, -0.2) is 0 Å². The molecule has 0 bridgehead atoms. The van der Waals surface area contributed by atoms with E-state index in [2.05, 4.69) is 12.7 Å². The van der Waals surface area contributed by atoms with Crippen molar-refractivity contribution in [2.75, 3.05) is 0 Å². The van der Waals surface area contributed by atoms with Crippen molar-refractivity contribution in [2.45, 2.75) is 12.8 Å². The van der Waals surface area contributed by atoms with Crippen molar-refractivity contribution in [3.8, 4) is 0 Å². The third kappa shape index (κ3) is 0.383. The molecular formula is C6H8. The summed E-state index contributed by atoms with van der Waals surface area (Å²) < 4.78 is 0. The highest BCUT2D eigenvalue weighted by molar-refractivity contribution is 5.23. The van der Waals surface area contributed by atoms with E-state index in [-0.39, 0.29) is 0 Å². The van der Waals surface area contributed by atoms with Gasteiger partial charge < -0.3 is 0 Å². The van der Waals surface area contributed by atoms with Gasteiger partial charge in [0.25, 0.3) is 0 Å². The molecule has 0 aliphatic heterocycles. The van der Waals surface area contributed by atoms with Crippen LogP contribution in [-0.4, -0.2) is 0 Å². The summed E-state index contributed by atoms with van der Waals surface area (Å²) in [4.78, 5) is 0. The van der Waals surface area contributed by atoms with Gasteiger partial charge in [0.15, 0.2) is 0 Å². The maximum atomic E-state index is 3.61. The first kappa shape index (κ1) is 3.66. The lowest BCUT2D eigenvalue weighted by atomic mass is 10.00. The summed E-state index contributed by atoms with van der Waals surface area (Å²) >= 11 is 0. The molecule has 0 aromatic heterocycles. The first-order valence-corrected chi connectivity index (χ1v) is 2.25. The van der Waals surface area contributed by atoms with Crippen molar-refractivity contribution in [3.05, 3.63) is 24.3 Å². The third-order valence-corrected chi connectivity index (χ3v) is 1.10. The van der Waals surface area contributed by atoms with Crippen molar-refractivity contribution in [3.63, 3.8) is 0 Å². The van der Waals surface area contributed by atoms with E-state index < -0.39 is 0 Å². The van der Waals surface area contributed by atoms with Crippen LogP contribution in [0.1, 0.15) is 12.8 Å². The molecule has 1 aliphatic carbocycles. The first-order valence-electron chi connectivity index (χ1n) is 2.25. The molecule has 0 aromatic carbocycles. The SMILES string of the molecule is C=CC1=CCC1. The topological polar surface area (TPSA) is 0 Å². The van der Waals surface area contributed by atoms with E-state index >= 15 is 0 Å². The zero-order chi connectivity index (χ0) is 4.41. The number of allylic oxidation sites excluding steroid dienone is 3. The van der Waals surface area contributed by atoms with Crippen LogP contribution in [0.2, 0.25) is 0 Å². The second-order valence-electron chi connectivity index (χ2n) is 1.52. The molecule has 0 spiro atoms. The van der Waals surface area contributed by atoms with E-state index in [9.17, 15) is 0 Å². The standard InChI is InChI=1S/C6H8/c1-2-6-4-3-5-6/h2,4H,1,3,5H2. The van der Waals surface area contributed by atoms with E-state index in [4.69, 9.17) is 0 Å². The molecule has 0 heteroatoms. The van der Waals surface area contributed by atoms with Gasteiger partial charge in [-0.05, 0) is 12.8 Å². The minimum Gasteiger partial charge on any atom is -0.0988 e. The summed E-state index contributed by atoms with van der Waals surface area (Å²) in [6, 6.07) is 0. The third-order valence-electron chi connectivity index (χ3n) is 1.10. The highest BCUT2D eigenvalue weighted by Crippen LogP contribution is 2.17. The van der Waals surface area contributed by atoms with Crippen LogP contribution >= 0.6 is 0 Å². The molecule has 0 N–H and O–H groups in total. The van der Waals surface area contributed by atoms with Gasteiger partial charge in [-0.2, -0.15) is 0 Å². The van der Waals surface area contributed by atoms with E-state index in [0.717, 1.165) is 0 Å². The minimum atomic E-state index is 1.25. The van der Waals surface area contributed by atoms with Crippen molar-refractivity contribution in [1.82, 2.24) is 0 Å². The van der Waals surface area contributed by atoms with E-state index in [0.29, 0.717) is 0 Å². The average molecular weight is 80.1 g/mol. The zero-order valence-corrected chi connectivity index (χ0v) is 3.78. The van der Waals surface area contributed by atoms with Gasteiger partial charge in [0.05, 0.1) is 0 Å². The fourth-order valence-corrected chi connectivity index (χ4v) is 0.496. The average Bonchev–Trinajstić information content (AvgIpc) is 1.31. The van der Waals surface area contributed by atoms with Gasteiger partial charge in [0, 0.05) is 0 Å². The molecule has 1 aliphatic rings. The van der Waals surface area contributed by atoms with Gasteiger partial charge in [0.2, 0.25) is 0 Å². The molecule has 6 heavy (non-hydrogen) atoms. The molecule has 0 aromatic rings. The summed E-state index contributed by atoms with van der Waals surface area (Å²) in [7, 11) is 0. The van der Waals surface area contributed by atoms with Crippen LogP contribution in [0.15, 0.2) is 24.3 Å². The first-order chi connectivity index (χ1) is 2.93. The van der Waals surface area contributed by atoms with Crippen LogP contribution in [0, 0.1) is 0 Å². The Bertz CT molecular complexity index is 88.2. The molecule has 0 unspecified atom stereocenters. The minimum absolute atomic E-state index is 1.25. The van der Waals surface area contributed by atoms with E-state index in [1.807, 2.05) is 6.08 Å². The molecule has 0 nitrogen and oxygen atoms in total. The second kappa shape index (κ2) is 1.29. The second-order valence-corrected chi connectivity index (χ2v) is 1.52. The summed E-state index contributed by atoms with van der Waals surface area (Å²) in [6.07, 6.45) is 6.64. The highest BCUT2D eigenvalue weighted by Gasteiger charge is 1.97. The predicted octanol–water partition coefficient (Wildman–Crippen LogP) is 1.89. The van der Waals surface area contributed by atoms with E-state index in [1.165, 1.54) is 18.4 Å². The summed E-state index contributed by atoms with van der Waals surface area (Å²) in [6.45, 7) is 3.61. The number of hydrogen-bond donors (Lipinski definition) is 0. The van der Waals surface area contributed by atoms with Gasteiger partial charge in [-0.15, -0.1) is 0 Å². The van der Waals surface area contributed by atoms with Crippen LogP contribution in [-0.2, 0) is 0 Å². The zero-order valence-electron chi connectivity index (χ0n) is 3.78. The van der Waals surface area contributed by atoms with Crippen LogP contribution < -0.4 is 0 Å². The smallest absolute Gasteiger partial charge is 0.0247 e. The van der Waals surface area contributed by atoms with Gasteiger partial charge >= 0.3 is 0 Å². The lowest BCUT2D eigenvalue weighted by molar-refractivity contribution is 0.907. The number of hydrogen-bond acceptors (Lipinski definition) is 0. The Balaban J connectivity index is 2.52. The Labute approximate surface area is 38.2 Å². The fraction of sp³-hybridized carbons (Fsp3) is 0.333. The maximum absolute atomic E-state index is 3.61. The monoisotopic (exact) mass is 80.1 g/mol. The molecule has 0 amide bonds. The van der Waals surface area contributed by atoms with Crippen molar-refractivity contribution in [1.29, 1.82) is 0 Å². The van der Waals surface area contributed by atoms with E-state index in [1.54, 1.807) is 0 Å². The van der Waals surface area contributed by atoms with Crippen LogP contribution in [0.4, 0.5) is 0 Å². The molecule has 0 radical (unpaired) electrons. The Morgan fingerprint density at radius 1 is 1.83 bits per heavy atom. The highest BCUT2D eigenvalue weighted by atomic mass is 14.0.